The van der Waals surface area contributed by atoms with Gasteiger partial charge in [-0.25, -0.2) is 4.99 Å². The lowest BCUT2D eigenvalue weighted by atomic mass is 10.1. The van der Waals surface area contributed by atoms with E-state index in [2.05, 4.69) is 16.3 Å². The zero-order valence-corrected chi connectivity index (χ0v) is 16.3. The van der Waals surface area contributed by atoms with Gasteiger partial charge in [-0.2, -0.15) is 4.37 Å². The maximum absolute atomic E-state index is 6.19. The summed E-state index contributed by atoms with van der Waals surface area (Å²) in [4.78, 5) is 6.59. The number of fused-ring (bicyclic) bond motifs is 1. The van der Waals surface area contributed by atoms with E-state index in [0.29, 0.717) is 5.02 Å². The summed E-state index contributed by atoms with van der Waals surface area (Å²) in [5.74, 6) is 0.811. The van der Waals surface area contributed by atoms with Gasteiger partial charge in [0.25, 0.3) is 0 Å². The van der Waals surface area contributed by atoms with Crippen LogP contribution in [0.2, 0.25) is 5.02 Å². The second-order valence-electron chi connectivity index (χ2n) is 5.93. The van der Waals surface area contributed by atoms with Crippen LogP contribution in [0.15, 0.2) is 35.3 Å². The van der Waals surface area contributed by atoms with Crippen molar-refractivity contribution in [1.29, 1.82) is 0 Å². The van der Waals surface area contributed by atoms with Crippen LogP contribution < -0.4 is 4.74 Å². The Kier molecular flexibility index (Phi) is 5.25. The molecule has 25 heavy (non-hydrogen) atoms. The van der Waals surface area contributed by atoms with E-state index < -0.39 is 0 Å². The molecule has 2 aromatic carbocycles. The number of hydrogen-bond donors (Lipinski definition) is 0. The third kappa shape index (κ3) is 3.78. The lowest BCUT2D eigenvalue weighted by molar-refractivity contribution is 0.497. The number of hydrogen-bond acceptors (Lipinski definition) is 4. The molecule has 0 bridgehead atoms. The van der Waals surface area contributed by atoms with Crippen LogP contribution in [-0.2, 0) is 0 Å². The highest BCUT2D eigenvalue weighted by Gasteiger charge is 2.13. The zero-order valence-electron chi connectivity index (χ0n) is 14.7. The van der Waals surface area contributed by atoms with Gasteiger partial charge in [0.2, 0.25) is 5.06 Å². The first-order valence-electron chi connectivity index (χ1n) is 8.07. The van der Waals surface area contributed by atoms with E-state index in [1.807, 2.05) is 62.5 Å². The Morgan fingerprint density at radius 2 is 2.08 bits per heavy atom. The maximum Gasteiger partial charge on any atom is 0.207 e. The van der Waals surface area contributed by atoms with Crippen LogP contribution in [-0.4, -0.2) is 29.2 Å². The highest BCUT2D eigenvalue weighted by molar-refractivity contribution is 7.09. The Morgan fingerprint density at radius 1 is 1.28 bits per heavy atom. The van der Waals surface area contributed by atoms with Crippen molar-refractivity contribution in [3.8, 4) is 10.8 Å². The number of aromatic nitrogens is 1. The molecule has 3 rings (SSSR count). The molecule has 0 aliphatic carbocycles. The van der Waals surface area contributed by atoms with E-state index in [1.54, 1.807) is 0 Å². The lowest BCUT2D eigenvalue weighted by Crippen LogP contribution is -2.14. The van der Waals surface area contributed by atoms with Crippen LogP contribution in [0.3, 0.4) is 0 Å². The molecule has 0 radical (unpaired) electrons. The van der Waals surface area contributed by atoms with Crippen LogP contribution >= 0.6 is 23.1 Å². The molecule has 0 atom stereocenters. The first kappa shape index (κ1) is 17.7. The topological polar surface area (TPSA) is 37.7 Å². The smallest absolute Gasteiger partial charge is 0.207 e. The lowest BCUT2D eigenvalue weighted by Gasteiger charge is -2.12. The Morgan fingerprint density at radius 3 is 2.84 bits per heavy atom. The molecule has 0 aliphatic heterocycles. The van der Waals surface area contributed by atoms with Gasteiger partial charge < -0.3 is 9.64 Å². The maximum atomic E-state index is 6.19. The van der Waals surface area contributed by atoms with Gasteiger partial charge in [-0.15, -0.1) is 0 Å². The number of aliphatic imine (C=N–C) groups is 1. The summed E-state index contributed by atoms with van der Waals surface area (Å²) in [5, 5.41) is 2.32. The van der Waals surface area contributed by atoms with Crippen molar-refractivity contribution in [2.45, 2.75) is 20.8 Å². The molecule has 0 amide bonds. The molecule has 1 aromatic heterocycles. The van der Waals surface area contributed by atoms with E-state index in [-0.39, 0.29) is 0 Å². The molecule has 0 saturated carbocycles. The second-order valence-corrected chi connectivity index (χ2v) is 7.07. The third-order valence-corrected chi connectivity index (χ3v) is 5.06. The SMILES string of the molecule is CCN(C)/C=N\c1cc(C)c(Oc2snc3c(Cl)cccc23)cc1C. The third-order valence-electron chi connectivity index (χ3n) is 4.02. The van der Waals surface area contributed by atoms with E-state index in [9.17, 15) is 0 Å². The van der Waals surface area contributed by atoms with Crippen LogP contribution in [0.4, 0.5) is 5.69 Å². The Bertz CT molecular complexity index is 936. The molecule has 130 valence electrons. The van der Waals surface area contributed by atoms with Crippen molar-refractivity contribution in [2.75, 3.05) is 13.6 Å². The summed E-state index contributed by atoms with van der Waals surface area (Å²) in [6, 6.07) is 9.78. The second kappa shape index (κ2) is 7.42. The van der Waals surface area contributed by atoms with Crippen molar-refractivity contribution < 1.29 is 4.74 Å². The van der Waals surface area contributed by atoms with Crippen molar-refractivity contribution in [3.05, 3.63) is 46.5 Å². The van der Waals surface area contributed by atoms with Crippen molar-refractivity contribution in [1.82, 2.24) is 9.27 Å². The van der Waals surface area contributed by atoms with Gasteiger partial charge in [0.05, 0.1) is 22.4 Å². The molecule has 1 heterocycles. The monoisotopic (exact) mass is 373 g/mol. The molecule has 0 unspecified atom stereocenters. The minimum Gasteiger partial charge on any atom is -0.444 e. The van der Waals surface area contributed by atoms with E-state index in [1.165, 1.54) is 11.5 Å². The fraction of sp³-hybridized carbons (Fsp3) is 0.263. The van der Waals surface area contributed by atoms with Crippen LogP contribution in [0.5, 0.6) is 10.8 Å². The molecular formula is C19H20ClN3OS. The molecule has 0 saturated heterocycles. The van der Waals surface area contributed by atoms with E-state index in [0.717, 1.165) is 45.1 Å². The predicted molar refractivity (Wildman–Crippen MR) is 107 cm³/mol. The first-order valence-corrected chi connectivity index (χ1v) is 9.22. The summed E-state index contributed by atoms with van der Waals surface area (Å²) < 4.78 is 10.5. The quantitative estimate of drug-likeness (QED) is 0.408. The predicted octanol–water partition coefficient (Wildman–Crippen LogP) is 5.97. The number of halogens is 1. The molecule has 0 aliphatic rings. The summed E-state index contributed by atoms with van der Waals surface area (Å²) in [7, 11) is 2.00. The van der Waals surface area contributed by atoms with Gasteiger partial charge in [-0.1, -0.05) is 17.7 Å². The first-order chi connectivity index (χ1) is 12.0. The van der Waals surface area contributed by atoms with Gasteiger partial charge in [-0.05, 0) is 56.2 Å². The standard InChI is InChI=1S/C19H20ClN3OS/c1-5-23(4)11-21-16-9-13(3)17(10-12(16)2)24-19-14-7-6-8-15(20)18(14)22-25-19/h6-11H,5H2,1-4H3/b21-11-. The Hall–Kier alpha value is -2.11. The Balaban J connectivity index is 1.91. The number of nitrogens with zero attached hydrogens (tertiary/aromatic N) is 3. The normalized spacial score (nSPS) is 11.4. The summed E-state index contributed by atoms with van der Waals surface area (Å²) >= 11 is 7.51. The zero-order chi connectivity index (χ0) is 18.0. The molecule has 0 fully saturated rings. The molecule has 0 spiro atoms. The highest BCUT2D eigenvalue weighted by Crippen LogP contribution is 2.39. The van der Waals surface area contributed by atoms with Gasteiger partial charge in [0, 0.05) is 25.1 Å². The average molecular weight is 374 g/mol. The Labute approximate surface area is 156 Å². The number of benzene rings is 2. The minimum atomic E-state index is 0.640. The van der Waals surface area contributed by atoms with Crippen LogP contribution in [0.1, 0.15) is 18.1 Å². The summed E-state index contributed by atoms with van der Waals surface area (Å²) in [6.45, 7) is 7.07. The molecule has 4 nitrogen and oxygen atoms in total. The molecule has 3 aromatic rings. The number of ether oxygens (including phenoxy) is 1. The van der Waals surface area contributed by atoms with Gasteiger partial charge >= 0.3 is 0 Å². The van der Waals surface area contributed by atoms with Crippen molar-refractivity contribution in [3.63, 3.8) is 0 Å². The minimum absolute atomic E-state index is 0.640. The van der Waals surface area contributed by atoms with Crippen molar-refractivity contribution in [2.24, 2.45) is 4.99 Å². The van der Waals surface area contributed by atoms with Gasteiger partial charge in [0.15, 0.2) is 0 Å². The summed E-state index contributed by atoms with van der Waals surface area (Å²) in [5.41, 5.74) is 3.82. The highest BCUT2D eigenvalue weighted by atomic mass is 35.5. The fourth-order valence-corrected chi connectivity index (χ4v) is 3.38. The summed E-state index contributed by atoms with van der Waals surface area (Å²) in [6.07, 6.45) is 1.85. The van der Waals surface area contributed by atoms with E-state index >= 15 is 0 Å². The van der Waals surface area contributed by atoms with Gasteiger partial charge in [-0.3, -0.25) is 0 Å². The average Bonchev–Trinajstić information content (AvgIpc) is 3.00. The van der Waals surface area contributed by atoms with Crippen LogP contribution in [0, 0.1) is 13.8 Å². The number of aryl methyl sites for hydroxylation is 2. The van der Waals surface area contributed by atoms with Crippen LogP contribution in [0.25, 0.3) is 10.9 Å². The van der Waals surface area contributed by atoms with Gasteiger partial charge in [0.1, 0.15) is 11.3 Å². The molecule has 0 N–H and O–H groups in total. The van der Waals surface area contributed by atoms with E-state index in [4.69, 9.17) is 16.3 Å². The van der Waals surface area contributed by atoms with Crippen molar-refractivity contribution >= 4 is 46.1 Å². The molecule has 6 heteroatoms. The number of rotatable bonds is 5. The largest absolute Gasteiger partial charge is 0.444 e. The molecular weight excluding hydrogens is 354 g/mol. The fourth-order valence-electron chi connectivity index (χ4n) is 2.35.